The van der Waals surface area contributed by atoms with Crippen molar-refractivity contribution >= 4 is 28.6 Å². The van der Waals surface area contributed by atoms with E-state index in [0.29, 0.717) is 17.5 Å². The molecule has 0 amide bonds. The highest BCUT2D eigenvalue weighted by molar-refractivity contribution is 8.14. The molecule has 1 fully saturated rings. The van der Waals surface area contributed by atoms with Crippen LogP contribution in [0, 0.1) is 12.8 Å². The molecule has 0 aromatic heterocycles. The zero-order chi connectivity index (χ0) is 16.3. The van der Waals surface area contributed by atoms with Gasteiger partial charge in [-0.1, -0.05) is 25.6 Å². The van der Waals surface area contributed by atoms with E-state index in [1.165, 1.54) is 13.5 Å². The van der Waals surface area contributed by atoms with Crippen molar-refractivity contribution in [1.29, 1.82) is 0 Å². The SMILES string of the molecule is COC(=O)c1ccc(N=C2SC[C@H](CC(C)C)N2C)c(C)c1. The van der Waals surface area contributed by atoms with Crippen LogP contribution < -0.4 is 0 Å². The van der Waals surface area contributed by atoms with Gasteiger partial charge in [-0.2, -0.15) is 0 Å². The van der Waals surface area contributed by atoms with Crippen LogP contribution in [0.5, 0.6) is 0 Å². The van der Waals surface area contributed by atoms with Crippen LogP contribution in [-0.4, -0.2) is 42.0 Å². The van der Waals surface area contributed by atoms with E-state index in [2.05, 4.69) is 25.8 Å². The molecule has 120 valence electrons. The third-order valence-electron chi connectivity index (χ3n) is 3.83. The monoisotopic (exact) mass is 320 g/mol. The number of aryl methyl sites for hydroxylation is 1. The molecule has 0 unspecified atom stereocenters. The standard InChI is InChI=1S/C17H24N2O2S/c1-11(2)8-14-10-22-17(19(14)4)18-15-7-6-13(9-12(15)3)16(20)21-5/h6-7,9,11,14H,8,10H2,1-5H3/t14-/m0/s1. The lowest BCUT2D eigenvalue weighted by Gasteiger charge is -2.22. The minimum absolute atomic E-state index is 0.313. The number of ether oxygens (including phenoxy) is 1. The second-order valence-electron chi connectivity index (χ2n) is 6.09. The molecule has 1 saturated heterocycles. The van der Waals surface area contributed by atoms with Gasteiger partial charge < -0.3 is 9.64 Å². The maximum absolute atomic E-state index is 11.5. The van der Waals surface area contributed by atoms with E-state index in [1.807, 2.05) is 19.1 Å². The number of carbonyl (C=O) groups excluding carboxylic acids is 1. The molecular weight excluding hydrogens is 296 g/mol. The molecule has 1 aromatic rings. The quantitative estimate of drug-likeness (QED) is 0.790. The summed E-state index contributed by atoms with van der Waals surface area (Å²) in [5.74, 6) is 1.47. The average Bonchev–Trinajstić information content (AvgIpc) is 2.81. The zero-order valence-corrected chi connectivity index (χ0v) is 14.7. The largest absolute Gasteiger partial charge is 0.465 e. The van der Waals surface area contributed by atoms with E-state index in [4.69, 9.17) is 9.73 Å². The Hall–Kier alpha value is -1.49. The molecule has 5 heteroatoms. The number of carbonyl (C=O) groups is 1. The maximum atomic E-state index is 11.5. The van der Waals surface area contributed by atoms with Gasteiger partial charge >= 0.3 is 5.97 Å². The molecule has 2 rings (SSSR count). The molecule has 0 radical (unpaired) electrons. The fourth-order valence-corrected chi connectivity index (χ4v) is 3.77. The highest BCUT2D eigenvalue weighted by Gasteiger charge is 2.27. The second kappa shape index (κ2) is 7.18. The number of amidine groups is 1. The topological polar surface area (TPSA) is 41.9 Å². The molecule has 0 aliphatic carbocycles. The molecule has 1 aliphatic rings. The molecule has 0 N–H and O–H groups in total. The van der Waals surface area contributed by atoms with Crippen LogP contribution in [0.2, 0.25) is 0 Å². The molecule has 4 nitrogen and oxygen atoms in total. The van der Waals surface area contributed by atoms with Gasteiger partial charge in [0.1, 0.15) is 0 Å². The van der Waals surface area contributed by atoms with E-state index in [1.54, 1.807) is 17.8 Å². The van der Waals surface area contributed by atoms with Crippen LogP contribution in [0.15, 0.2) is 23.2 Å². The van der Waals surface area contributed by atoms with Gasteiger partial charge in [0.15, 0.2) is 5.17 Å². The first-order valence-electron chi connectivity index (χ1n) is 7.55. The van der Waals surface area contributed by atoms with Gasteiger partial charge in [-0.3, -0.25) is 0 Å². The summed E-state index contributed by atoms with van der Waals surface area (Å²) in [6, 6.07) is 6.04. The highest BCUT2D eigenvalue weighted by atomic mass is 32.2. The fourth-order valence-electron chi connectivity index (χ4n) is 2.55. The Labute approximate surface area is 136 Å². The predicted molar refractivity (Wildman–Crippen MR) is 93.1 cm³/mol. The fraction of sp³-hybridized carbons (Fsp3) is 0.529. The Morgan fingerprint density at radius 1 is 1.50 bits per heavy atom. The lowest BCUT2D eigenvalue weighted by Crippen LogP contribution is -2.30. The van der Waals surface area contributed by atoms with Gasteiger partial charge in [-0.25, -0.2) is 9.79 Å². The molecule has 22 heavy (non-hydrogen) atoms. The molecule has 0 bridgehead atoms. The first kappa shape index (κ1) is 16.9. The summed E-state index contributed by atoms with van der Waals surface area (Å²) in [4.78, 5) is 18.6. The summed E-state index contributed by atoms with van der Waals surface area (Å²) < 4.78 is 4.75. The number of aliphatic imine (C=N–C) groups is 1. The first-order chi connectivity index (χ1) is 10.4. The summed E-state index contributed by atoms with van der Waals surface area (Å²) in [7, 11) is 3.51. The van der Waals surface area contributed by atoms with Crippen LogP contribution in [-0.2, 0) is 4.74 Å². The summed E-state index contributed by atoms with van der Waals surface area (Å²) in [6.07, 6.45) is 1.18. The van der Waals surface area contributed by atoms with Gasteiger partial charge in [-0.15, -0.1) is 0 Å². The van der Waals surface area contributed by atoms with Gasteiger partial charge in [0, 0.05) is 18.8 Å². The average molecular weight is 320 g/mol. The molecule has 1 aliphatic heterocycles. The zero-order valence-electron chi connectivity index (χ0n) is 13.9. The number of methoxy groups -OCH3 is 1. The predicted octanol–water partition coefficient (Wildman–Crippen LogP) is 3.86. The van der Waals surface area contributed by atoms with Gasteiger partial charge in [0.25, 0.3) is 0 Å². The van der Waals surface area contributed by atoms with Crippen LogP contribution in [0.1, 0.15) is 36.2 Å². The summed E-state index contributed by atoms with van der Waals surface area (Å²) >= 11 is 1.80. The summed E-state index contributed by atoms with van der Waals surface area (Å²) in [6.45, 7) is 6.48. The number of esters is 1. The van der Waals surface area contributed by atoms with Crippen LogP contribution in [0.3, 0.4) is 0 Å². The number of rotatable bonds is 4. The lowest BCUT2D eigenvalue weighted by atomic mass is 10.0. The molecule has 1 heterocycles. The third-order valence-corrected chi connectivity index (χ3v) is 5.02. The summed E-state index contributed by atoms with van der Waals surface area (Å²) in [5, 5.41) is 1.06. The second-order valence-corrected chi connectivity index (χ2v) is 7.08. The number of hydrogen-bond donors (Lipinski definition) is 0. The van der Waals surface area contributed by atoms with Crippen molar-refractivity contribution in [2.24, 2.45) is 10.9 Å². The molecule has 0 saturated carbocycles. The smallest absolute Gasteiger partial charge is 0.337 e. The Morgan fingerprint density at radius 3 is 2.82 bits per heavy atom. The highest BCUT2D eigenvalue weighted by Crippen LogP contribution is 2.30. The number of benzene rings is 1. The Bertz CT molecular complexity index is 584. The Morgan fingerprint density at radius 2 is 2.23 bits per heavy atom. The molecule has 1 atom stereocenters. The number of thioether (sulfide) groups is 1. The van der Waals surface area contributed by atoms with E-state index in [9.17, 15) is 4.79 Å². The maximum Gasteiger partial charge on any atom is 0.337 e. The lowest BCUT2D eigenvalue weighted by molar-refractivity contribution is 0.0600. The number of nitrogens with zero attached hydrogens (tertiary/aromatic N) is 2. The Kier molecular flexibility index (Phi) is 5.51. The van der Waals surface area contributed by atoms with Gasteiger partial charge in [-0.05, 0) is 43.0 Å². The molecule has 1 aromatic carbocycles. The van der Waals surface area contributed by atoms with E-state index >= 15 is 0 Å². The van der Waals surface area contributed by atoms with Crippen molar-refractivity contribution in [3.8, 4) is 0 Å². The van der Waals surface area contributed by atoms with E-state index < -0.39 is 0 Å². The van der Waals surface area contributed by atoms with Crippen LogP contribution in [0.4, 0.5) is 5.69 Å². The normalized spacial score (nSPS) is 20.0. The number of hydrogen-bond acceptors (Lipinski definition) is 4. The van der Waals surface area contributed by atoms with Crippen molar-refractivity contribution in [2.75, 3.05) is 19.9 Å². The van der Waals surface area contributed by atoms with Crippen LogP contribution >= 0.6 is 11.8 Å². The van der Waals surface area contributed by atoms with E-state index in [0.717, 1.165) is 22.2 Å². The minimum Gasteiger partial charge on any atom is -0.465 e. The third kappa shape index (κ3) is 3.83. The molecule has 0 spiro atoms. The first-order valence-corrected chi connectivity index (χ1v) is 8.54. The van der Waals surface area contributed by atoms with Crippen molar-refractivity contribution < 1.29 is 9.53 Å². The Balaban J connectivity index is 2.18. The minimum atomic E-state index is -0.313. The van der Waals surface area contributed by atoms with Crippen molar-refractivity contribution in [3.05, 3.63) is 29.3 Å². The van der Waals surface area contributed by atoms with E-state index in [-0.39, 0.29) is 5.97 Å². The summed E-state index contributed by atoms with van der Waals surface area (Å²) in [5.41, 5.74) is 2.46. The van der Waals surface area contributed by atoms with Crippen molar-refractivity contribution in [1.82, 2.24) is 4.90 Å². The van der Waals surface area contributed by atoms with Crippen molar-refractivity contribution in [2.45, 2.75) is 33.2 Å². The van der Waals surface area contributed by atoms with Crippen LogP contribution in [0.25, 0.3) is 0 Å². The van der Waals surface area contributed by atoms with Crippen molar-refractivity contribution in [3.63, 3.8) is 0 Å². The molecular formula is C17H24N2O2S. The van der Waals surface area contributed by atoms with Gasteiger partial charge in [0.05, 0.1) is 18.4 Å². The van der Waals surface area contributed by atoms with Gasteiger partial charge in [0.2, 0.25) is 0 Å².